The molecule has 0 saturated carbocycles. The molecule has 8 nitrogen and oxygen atoms in total. The van der Waals surface area contributed by atoms with Crippen molar-refractivity contribution < 1.29 is 38.0 Å². The fraction of sp³-hybridized carbons (Fsp3) is 0.529. The molecule has 2 heterocycles. The molecule has 42 heavy (non-hydrogen) atoms. The predicted octanol–water partition coefficient (Wildman–Crippen LogP) is 5.72. The van der Waals surface area contributed by atoms with Crippen LogP contribution in [0, 0.1) is 0 Å². The fourth-order valence-corrected chi connectivity index (χ4v) is 5.82. The zero-order valence-corrected chi connectivity index (χ0v) is 24.9. The van der Waals surface area contributed by atoms with E-state index < -0.39 is 23.3 Å². The van der Waals surface area contributed by atoms with Crippen LogP contribution in [0.3, 0.4) is 0 Å². The number of carbonyl (C=O) groups is 2. The minimum Gasteiger partial charge on any atom is -0.495 e. The molecule has 2 saturated heterocycles. The van der Waals surface area contributed by atoms with Crippen LogP contribution in [-0.2, 0) is 51.2 Å². The third-order valence-electron chi connectivity index (χ3n) is 8.12. The van der Waals surface area contributed by atoms with Crippen LogP contribution in [0.1, 0.15) is 64.0 Å². The van der Waals surface area contributed by atoms with E-state index in [4.69, 9.17) is 28.4 Å². The molecule has 0 radical (unpaired) electrons. The van der Waals surface area contributed by atoms with Crippen LogP contribution in [-0.4, -0.2) is 61.1 Å². The van der Waals surface area contributed by atoms with Gasteiger partial charge in [-0.2, -0.15) is 0 Å². The van der Waals surface area contributed by atoms with Gasteiger partial charge < -0.3 is 33.2 Å². The first-order valence-corrected chi connectivity index (χ1v) is 14.9. The van der Waals surface area contributed by atoms with Gasteiger partial charge in [-0.15, -0.1) is 0 Å². The summed E-state index contributed by atoms with van der Waals surface area (Å²) >= 11 is 0. The summed E-state index contributed by atoms with van der Waals surface area (Å²) in [4.78, 5) is 23.6. The molecule has 6 atom stereocenters. The van der Waals surface area contributed by atoms with Crippen LogP contribution < -0.4 is 0 Å². The summed E-state index contributed by atoms with van der Waals surface area (Å²) in [5.74, 6) is -0.492. The Morgan fingerprint density at radius 2 is 1.67 bits per heavy atom. The third-order valence-corrected chi connectivity index (χ3v) is 8.12. The molecule has 0 amide bonds. The minimum absolute atomic E-state index is 0.0566. The number of hydrogen-bond acceptors (Lipinski definition) is 8. The van der Waals surface area contributed by atoms with E-state index in [1.165, 1.54) is 12.3 Å². The largest absolute Gasteiger partial charge is 0.495 e. The number of hydrogen-bond donors (Lipinski definition) is 0. The van der Waals surface area contributed by atoms with Crippen LogP contribution in [0.15, 0.2) is 73.0 Å². The first-order chi connectivity index (χ1) is 20.4. The van der Waals surface area contributed by atoms with Gasteiger partial charge >= 0.3 is 5.97 Å². The maximum absolute atomic E-state index is 11.8. The van der Waals surface area contributed by atoms with Crippen molar-refractivity contribution in [3.8, 4) is 0 Å². The molecule has 4 rings (SSSR count). The summed E-state index contributed by atoms with van der Waals surface area (Å²) in [6.45, 7) is 7.55. The first kappa shape index (κ1) is 31.9. The van der Waals surface area contributed by atoms with Crippen molar-refractivity contribution in [2.45, 2.75) is 102 Å². The molecule has 8 heteroatoms. The lowest BCUT2D eigenvalue weighted by molar-refractivity contribution is -0.332. The van der Waals surface area contributed by atoms with E-state index in [1.807, 2.05) is 62.4 Å². The highest BCUT2D eigenvalue weighted by molar-refractivity contribution is 5.81. The molecule has 2 fully saturated rings. The molecule has 0 aliphatic carbocycles. The summed E-state index contributed by atoms with van der Waals surface area (Å²) in [6, 6.07) is 20.2. The zero-order chi connectivity index (χ0) is 29.8. The van der Waals surface area contributed by atoms with Gasteiger partial charge in [0.2, 0.25) is 0 Å². The standard InChI is InChI=1S/C34H44O8/c1-4-38-32(36)17-21-39-29-23-31-34(3,42-33(29,2)18-19-35)30(40-25-27-14-9-6-10-15-27)22-28(41-31)16-11-20-37-24-26-12-7-5-8-13-26/h5-10,12-15,17,19,21,28-31H,4,11,16,18,20,22-25H2,1-3H3/b21-17+/t28-,29-,30-,31+,33+,34-/m0/s1. The molecule has 0 N–H and O–H groups in total. The second-order valence-corrected chi connectivity index (χ2v) is 11.3. The quantitative estimate of drug-likeness (QED) is 0.0870. The SMILES string of the molecule is CCOC(=O)/C=C/O[C@H]1C[C@H]2O[C@@H](CCCOCc3ccccc3)C[C@H](OCc3ccccc3)[C@]2(C)O[C@]1(C)CC=O. The van der Waals surface area contributed by atoms with Gasteiger partial charge in [-0.25, -0.2) is 4.79 Å². The lowest BCUT2D eigenvalue weighted by atomic mass is 9.75. The van der Waals surface area contributed by atoms with E-state index in [0.29, 0.717) is 32.7 Å². The van der Waals surface area contributed by atoms with Gasteiger partial charge in [0.15, 0.2) is 0 Å². The lowest BCUT2D eigenvalue weighted by Gasteiger charge is -2.57. The zero-order valence-electron chi connectivity index (χ0n) is 24.9. The number of rotatable bonds is 15. The highest BCUT2D eigenvalue weighted by Gasteiger charge is 2.59. The van der Waals surface area contributed by atoms with Gasteiger partial charge in [0.25, 0.3) is 0 Å². The van der Waals surface area contributed by atoms with Gasteiger partial charge in [-0.1, -0.05) is 60.7 Å². The van der Waals surface area contributed by atoms with E-state index in [0.717, 1.165) is 30.3 Å². The number of carbonyl (C=O) groups excluding carboxylic acids is 2. The maximum Gasteiger partial charge on any atom is 0.333 e. The van der Waals surface area contributed by atoms with E-state index in [2.05, 4.69) is 12.1 Å². The van der Waals surface area contributed by atoms with Crippen molar-refractivity contribution in [3.05, 3.63) is 84.1 Å². The van der Waals surface area contributed by atoms with Crippen molar-refractivity contribution >= 4 is 12.3 Å². The Morgan fingerprint density at radius 1 is 0.976 bits per heavy atom. The number of ether oxygens (including phenoxy) is 6. The van der Waals surface area contributed by atoms with Gasteiger partial charge in [0.05, 0.1) is 50.5 Å². The van der Waals surface area contributed by atoms with Crippen molar-refractivity contribution in [1.29, 1.82) is 0 Å². The van der Waals surface area contributed by atoms with E-state index >= 15 is 0 Å². The van der Waals surface area contributed by atoms with Crippen LogP contribution in [0.25, 0.3) is 0 Å². The van der Waals surface area contributed by atoms with E-state index in [-0.39, 0.29) is 31.3 Å². The van der Waals surface area contributed by atoms with Crippen molar-refractivity contribution in [1.82, 2.24) is 0 Å². The number of aldehydes is 1. The van der Waals surface area contributed by atoms with Gasteiger partial charge in [0.1, 0.15) is 23.6 Å². The number of fused-ring (bicyclic) bond motifs is 1. The molecular formula is C34H44O8. The Balaban J connectivity index is 1.45. The van der Waals surface area contributed by atoms with Gasteiger partial charge in [0, 0.05) is 25.9 Å². The van der Waals surface area contributed by atoms with Crippen LogP contribution in [0.5, 0.6) is 0 Å². The van der Waals surface area contributed by atoms with E-state index in [9.17, 15) is 9.59 Å². The molecule has 228 valence electrons. The molecule has 0 bridgehead atoms. The Hall–Kier alpha value is -3.04. The second kappa shape index (κ2) is 15.4. The number of benzene rings is 2. The van der Waals surface area contributed by atoms with Crippen molar-refractivity contribution in [3.63, 3.8) is 0 Å². The Bertz CT molecular complexity index is 1140. The monoisotopic (exact) mass is 580 g/mol. The summed E-state index contributed by atoms with van der Waals surface area (Å²) < 4.78 is 36.9. The molecule has 0 aromatic heterocycles. The Kier molecular flexibility index (Phi) is 11.7. The lowest BCUT2D eigenvalue weighted by Crippen LogP contribution is -2.69. The average molecular weight is 581 g/mol. The Morgan fingerprint density at radius 3 is 2.33 bits per heavy atom. The maximum atomic E-state index is 11.8. The smallest absolute Gasteiger partial charge is 0.333 e. The topological polar surface area (TPSA) is 89.5 Å². The summed E-state index contributed by atoms with van der Waals surface area (Å²) in [7, 11) is 0. The van der Waals surface area contributed by atoms with Gasteiger partial charge in [-0.3, -0.25) is 0 Å². The third kappa shape index (κ3) is 8.51. The Labute approximate surface area is 249 Å². The summed E-state index contributed by atoms with van der Waals surface area (Å²) in [5.41, 5.74) is 0.475. The van der Waals surface area contributed by atoms with Crippen LogP contribution >= 0.6 is 0 Å². The average Bonchev–Trinajstić information content (AvgIpc) is 2.98. The first-order valence-electron chi connectivity index (χ1n) is 14.9. The normalized spacial score (nSPS) is 29.1. The molecule has 2 aromatic carbocycles. The van der Waals surface area contributed by atoms with Crippen LogP contribution in [0.2, 0.25) is 0 Å². The molecule has 2 aromatic rings. The van der Waals surface area contributed by atoms with E-state index in [1.54, 1.807) is 6.92 Å². The predicted molar refractivity (Wildman–Crippen MR) is 157 cm³/mol. The van der Waals surface area contributed by atoms with Crippen LogP contribution in [0.4, 0.5) is 0 Å². The second-order valence-electron chi connectivity index (χ2n) is 11.3. The minimum atomic E-state index is -0.943. The molecular weight excluding hydrogens is 536 g/mol. The van der Waals surface area contributed by atoms with Crippen molar-refractivity contribution in [2.24, 2.45) is 0 Å². The summed E-state index contributed by atoms with van der Waals surface area (Å²) in [6.07, 6.45) is 5.13. The fourth-order valence-electron chi connectivity index (χ4n) is 5.82. The highest BCUT2D eigenvalue weighted by Crippen LogP contribution is 2.47. The molecule has 2 aliphatic rings. The summed E-state index contributed by atoms with van der Waals surface area (Å²) in [5, 5.41) is 0. The molecule has 2 aliphatic heterocycles. The van der Waals surface area contributed by atoms with Crippen molar-refractivity contribution in [2.75, 3.05) is 13.2 Å². The van der Waals surface area contributed by atoms with Gasteiger partial charge in [-0.05, 0) is 44.7 Å². The molecule has 0 unspecified atom stereocenters. The number of esters is 1. The molecule has 0 spiro atoms. The highest BCUT2D eigenvalue weighted by atomic mass is 16.6.